The molecule has 1 aliphatic rings. The van der Waals surface area contributed by atoms with E-state index in [1.54, 1.807) is 18.2 Å². The van der Waals surface area contributed by atoms with E-state index >= 15 is 4.39 Å². The summed E-state index contributed by atoms with van der Waals surface area (Å²) in [6.07, 6.45) is 4.88. The number of fused-ring (bicyclic) bond motifs is 1. The van der Waals surface area contributed by atoms with Gasteiger partial charge in [0.15, 0.2) is 31.4 Å². The van der Waals surface area contributed by atoms with Crippen molar-refractivity contribution in [1.82, 2.24) is 18.9 Å². The third-order valence-electron chi connectivity index (χ3n) is 8.95. The quantitative estimate of drug-likeness (QED) is 0.205. The highest BCUT2D eigenvalue weighted by Gasteiger charge is 2.49. The van der Waals surface area contributed by atoms with Gasteiger partial charge in [-0.25, -0.2) is 31.7 Å². The third-order valence-corrected chi connectivity index (χ3v) is 15.4. The second-order valence-electron chi connectivity index (χ2n) is 13.3. The van der Waals surface area contributed by atoms with Crippen LogP contribution in [0.15, 0.2) is 53.8 Å². The lowest BCUT2D eigenvalue weighted by molar-refractivity contribution is -0.0820. The molecule has 1 saturated carbocycles. The Morgan fingerprint density at radius 3 is 2.52 bits per heavy atom. The molecule has 13 heteroatoms. The molecule has 0 aliphatic heterocycles. The second kappa shape index (κ2) is 11.5. The molecule has 5 rings (SSSR count). The normalized spacial score (nSPS) is 21.5. The van der Waals surface area contributed by atoms with Gasteiger partial charge in [0.25, 0.3) is 10.0 Å². The van der Waals surface area contributed by atoms with Crippen LogP contribution in [-0.4, -0.2) is 58.5 Å². The van der Waals surface area contributed by atoms with Gasteiger partial charge >= 0.3 is 0 Å². The van der Waals surface area contributed by atoms with Crippen molar-refractivity contribution in [2.24, 2.45) is 0 Å². The summed E-state index contributed by atoms with van der Waals surface area (Å²) in [6, 6.07) is 7.53. The number of aliphatic hydroxyl groups excluding tert-OH is 1. The van der Waals surface area contributed by atoms with E-state index in [2.05, 4.69) is 54.1 Å². The number of aliphatic hydroxyl groups is 1. The van der Waals surface area contributed by atoms with Crippen molar-refractivity contribution in [2.45, 2.75) is 94.7 Å². The predicted molar refractivity (Wildman–Crippen MR) is 173 cm³/mol. The number of nitrogens with one attached hydrogen (secondary N) is 1. The number of nitrogens with zero attached hydrogens (tertiary/aromatic N) is 4. The summed E-state index contributed by atoms with van der Waals surface area (Å²) in [6.45, 7) is 14.5. The summed E-state index contributed by atoms with van der Waals surface area (Å²) < 4.78 is 50.3. The number of anilines is 1. The average molecular weight is 660 g/mol. The van der Waals surface area contributed by atoms with Crippen LogP contribution in [0.25, 0.3) is 22.4 Å². The molecule has 1 aromatic carbocycles. The maximum Gasteiger partial charge on any atom is 0.269 e. The van der Waals surface area contributed by atoms with E-state index in [0.29, 0.717) is 23.8 Å². The smallest absolute Gasteiger partial charge is 0.269 e. The summed E-state index contributed by atoms with van der Waals surface area (Å²) in [4.78, 5) is 13.1. The Hall–Kier alpha value is -2.90. The van der Waals surface area contributed by atoms with Crippen molar-refractivity contribution < 1.29 is 22.3 Å². The van der Waals surface area contributed by atoms with Crippen LogP contribution in [0.4, 0.5) is 10.2 Å². The van der Waals surface area contributed by atoms with Crippen molar-refractivity contribution >= 4 is 46.8 Å². The second-order valence-corrected chi connectivity index (χ2v) is 20.3. The Bertz CT molecular complexity index is 1810. The van der Waals surface area contributed by atoms with Crippen LogP contribution in [0.3, 0.4) is 0 Å². The summed E-state index contributed by atoms with van der Waals surface area (Å²) in [5.74, 6) is -0.731. The van der Waals surface area contributed by atoms with Crippen molar-refractivity contribution in [1.29, 1.82) is 0 Å². The number of aryl methyl sites for hydroxylation is 1. The summed E-state index contributed by atoms with van der Waals surface area (Å²) >= 11 is 6.27. The number of pyridine rings is 1. The zero-order chi connectivity index (χ0) is 32.2. The van der Waals surface area contributed by atoms with Gasteiger partial charge in [0.05, 0.1) is 27.8 Å². The van der Waals surface area contributed by atoms with Gasteiger partial charge in [-0.1, -0.05) is 50.1 Å². The number of aromatic nitrogens is 4. The molecular weight excluding hydrogens is 621 g/mol. The fraction of sp³-hybridized carbons (Fsp3) is 0.452. The van der Waals surface area contributed by atoms with E-state index in [0.717, 1.165) is 22.2 Å². The molecule has 0 spiro atoms. The van der Waals surface area contributed by atoms with E-state index < -0.39 is 41.9 Å². The lowest BCUT2D eigenvalue weighted by Gasteiger charge is -2.50. The van der Waals surface area contributed by atoms with E-state index in [1.165, 1.54) is 24.5 Å². The molecule has 0 saturated heterocycles. The van der Waals surface area contributed by atoms with Crippen LogP contribution in [-0.2, 0) is 14.4 Å². The Balaban J connectivity index is 1.52. The third kappa shape index (κ3) is 6.02. The first-order valence-electron chi connectivity index (χ1n) is 14.6. The van der Waals surface area contributed by atoms with Crippen LogP contribution in [0.2, 0.25) is 23.2 Å². The molecule has 9 nitrogen and oxygen atoms in total. The van der Waals surface area contributed by atoms with E-state index in [-0.39, 0.29) is 32.2 Å². The van der Waals surface area contributed by atoms with Gasteiger partial charge in [-0.3, -0.25) is 0 Å². The minimum Gasteiger partial charge on any atom is -0.409 e. The molecule has 3 atom stereocenters. The molecule has 0 radical (unpaired) electrons. The maximum atomic E-state index is 15.2. The maximum absolute atomic E-state index is 15.2. The fourth-order valence-electron chi connectivity index (χ4n) is 5.42. The highest BCUT2D eigenvalue weighted by Crippen LogP contribution is 2.43. The molecule has 0 amide bonds. The van der Waals surface area contributed by atoms with Gasteiger partial charge in [0.1, 0.15) is 6.10 Å². The zero-order valence-electron chi connectivity index (χ0n) is 26.0. The predicted octanol–water partition coefficient (Wildman–Crippen LogP) is 6.94. The molecule has 236 valence electrons. The topological polar surface area (TPSA) is 119 Å². The van der Waals surface area contributed by atoms with Gasteiger partial charge in [-0.2, -0.15) is 0 Å². The van der Waals surface area contributed by atoms with Crippen LogP contribution in [0, 0.1) is 12.7 Å². The first-order chi connectivity index (χ1) is 20.4. The first-order valence-corrected chi connectivity index (χ1v) is 19.3. The molecule has 3 aromatic heterocycles. The van der Waals surface area contributed by atoms with Crippen molar-refractivity contribution in [3.8, 4) is 11.4 Å². The summed E-state index contributed by atoms with van der Waals surface area (Å²) in [7, 11) is -6.27. The SMILES string of the molecule is Cc1ccc(S(=O)(=O)n2cc(-c3ncc(F)c(NC4CCC[C@@](C)(O[Si](C)(C)C(C)(C)C)[C@@H]4O)n3)c3cc(Cl)cnc32)cc1. The minimum atomic E-state index is -4.05. The highest BCUT2D eigenvalue weighted by molar-refractivity contribution is 7.90. The zero-order valence-corrected chi connectivity index (χ0v) is 28.6. The summed E-state index contributed by atoms with van der Waals surface area (Å²) in [5, 5.41) is 15.3. The van der Waals surface area contributed by atoms with Crippen LogP contribution in [0.1, 0.15) is 52.5 Å². The molecule has 44 heavy (non-hydrogen) atoms. The van der Waals surface area contributed by atoms with Crippen LogP contribution < -0.4 is 5.32 Å². The fourth-order valence-corrected chi connectivity index (χ4v) is 8.59. The number of hydrogen-bond acceptors (Lipinski definition) is 8. The monoisotopic (exact) mass is 659 g/mol. The molecule has 1 aliphatic carbocycles. The van der Waals surface area contributed by atoms with Crippen molar-refractivity contribution in [3.63, 3.8) is 0 Å². The molecule has 0 bridgehead atoms. The van der Waals surface area contributed by atoms with Gasteiger partial charge in [-0.15, -0.1) is 0 Å². The lowest BCUT2D eigenvalue weighted by Crippen LogP contribution is -2.60. The minimum absolute atomic E-state index is 0.0480. The summed E-state index contributed by atoms with van der Waals surface area (Å²) in [5.41, 5.74) is 0.546. The Labute approximate surface area is 264 Å². The Morgan fingerprint density at radius 1 is 1.18 bits per heavy atom. The number of rotatable bonds is 7. The molecule has 3 heterocycles. The average Bonchev–Trinajstić information content (AvgIpc) is 3.31. The first kappa shape index (κ1) is 32.5. The largest absolute Gasteiger partial charge is 0.409 e. The molecule has 1 unspecified atom stereocenters. The van der Waals surface area contributed by atoms with Gasteiger partial charge in [-0.05, 0) is 69.4 Å². The van der Waals surface area contributed by atoms with Gasteiger partial charge in [0.2, 0.25) is 0 Å². The number of benzene rings is 1. The van der Waals surface area contributed by atoms with Crippen LogP contribution in [0.5, 0.6) is 0 Å². The molecule has 1 fully saturated rings. The van der Waals surface area contributed by atoms with E-state index in [9.17, 15) is 13.5 Å². The van der Waals surface area contributed by atoms with E-state index in [1.807, 2.05) is 13.8 Å². The number of halogens is 2. The van der Waals surface area contributed by atoms with Gasteiger partial charge < -0.3 is 14.8 Å². The van der Waals surface area contributed by atoms with Gasteiger partial charge in [0, 0.05) is 23.3 Å². The van der Waals surface area contributed by atoms with Crippen molar-refractivity contribution in [3.05, 3.63) is 65.3 Å². The van der Waals surface area contributed by atoms with Crippen LogP contribution >= 0.6 is 11.6 Å². The molecule has 4 aromatic rings. The molecular formula is C31H39ClFN5O4SSi. The Kier molecular flexibility index (Phi) is 8.47. The highest BCUT2D eigenvalue weighted by atomic mass is 35.5. The number of hydrogen-bond donors (Lipinski definition) is 2. The standard InChI is InChI=1S/C31H39ClFN5O4SSi/c1-19-10-12-21(13-11-19)43(40,41)38-18-23(22-15-20(32)16-35-29(22)38)27-34-17-24(33)28(37-27)36-25-9-8-14-31(5,26(25)39)42-44(6,7)30(2,3)4/h10-13,15-18,25-26,39H,8-9,14H2,1-7H3,(H,34,36,37)/t25?,26-,31-/m1/s1. The molecule has 2 N–H and O–H groups in total. The lowest BCUT2D eigenvalue weighted by atomic mass is 9.80. The van der Waals surface area contributed by atoms with E-state index in [4.69, 9.17) is 16.0 Å². The Morgan fingerprint density at radius 2 is 1.86 bits per heavy atom. The van der Waals surface area contributed by atoms with Crippen molar-refractivity contribution in [2.75, 3.05) is 5.32 Å².